The minimum Gasteiger partial charge on any atom is -0.462 e. The third kappa shape index (κ3) is 3.69. The van der Waals surface area contributed by atoms with E-state index >= 15 is 0 Å². The van der Waals surface area contributed by atoms with Gasteiger partial charge in [-0.25, -0.2) is 9.79 Å². The van der Waals surface area contributed by atoms with Gasteiger partial charge in [0.25, 0.3) is 11.6 Å². The van der Waals surface area contributed by atoms with E-state index < -0.39 is 22.3 Å². The summed E-state index contributed by atoms with van der Waals surface area (Å²) in [4.78, 5) is 41.9. The summed E-state index contributed by atoms with van der Waals surface area (Å²) >= 11 is 1.33. The van der Waals surface area contributed by atoms with Crippen LogP contribution in [0.15, 0.2) is 23.2 Å². The zero-order valence-corrected chi connectivity index (χ0v) is 19.3. The van der Waals surface area contributed by atoms with E-state index in [1.165, 1.54) is 29.5 Å². The summed E-state index contributed by atoms with van der Waals surface area (Å²) in [6.07, 6.45) is 0.593. The van der Waals surface area contributed by atoms with Gasteiger partial charge in [0.15, 0.2) is 0 Å². The van der Waals surface area contributed by atoms with Crippen LogP contribution in [0.4, 0.5) is 16.4 Å². The summed E-state index contributed by atoms with van der Waals surface area (Å²) in [7, 11) is 0. The highest BCUT2D eigenvalue weighted by atomic mass is 32.1. The molecule has 0 bridgehead atoms. The topological polar surface area (TPSA) is 123 Å². The fourth-order valence-corrected chi connectivity index (χ4v) is 5.72. The van der Waals surface area contributed by atoms with Crippen LogP contribution in [0.25, 0.3) is 0 Å². The second-order valence-electron chi connectivity index (χ2n) is 9.02. The van der Waals surface area contributed by atoms with Crippen LogP contribution in [-0.2, 0) is 21.5 Å². The molecule has 32 heavy (non-hydrogen) atoms. The van der Waals surface area contributed by atoms with Crippen molar-refractivity contribution in [1.29, 1.82) is 0 Å². The van der Waals surface area contributed by atoms with Crippen molar-refractivity contribution in [3.63, 3.8) is 0 Å². The second-order valence-corrected chi connectivity index (χ2v) is 10.0. The Balaban J connectivity index is 1.93. The Kier molecular flexibility index (Phi) is 5.17. The van der Waals surface area contributed by atoms with E-state index in [9.17, 15) is 19.7 Å². The number of anilines is 1. The van der Waals surface area contributed by atoms with Gasteiger partial charge in [-0.15, -0.1) is 11.3 Å². The zero-order chi connectivity index (χ0) is 23.4. The summed E-state index contributed by atoms with van der Waals surface area (Å²) < 4.78 is 5.33. The highest BCUT2D eigenvalue weighted by Gasteiger charge is 2.42. The van der Waals surface area contributed by atoms with Crippen LogP contribution in [0, 0.1) is 10.1 Å². The Hall–Kier alpha value is -3.11. The van der Waals surface area contributed by atoms with Crippen molar-refractivity contribution in [3.05, 3.63) is 49.9 Å². The van der Waals surface area contributed by atoms with E-state index in [-0.39, 0.29) is 23.5 Å². The molecule has 2 aliphatic rings. The van der Waals surface area contributed by atoms with Crippen LogP contribution in [0.1, 0.15) is 61.0 Å². The Morgan fingerprint density at radius 2 is 2.03 bits per heavy atom. The molecule has 10 heteroatoms. The number of non-ortho nitro benzene ring substituents is 1. The Morgan fingerprint density at radius 3 is 2.69 bits per heavy atom. The van der Waals surface area contributed by atoms with Crippen LogP contribution in [0.5, 0.6) is 0 Å². The summed E-state index contributed by atoms with van der Waals surface area (Å²) in [6, 6.07) is 4.12. The predicted octanol–water partition coefficient (Wildman–Crippen LogP) is 4.07. The molecule has 0 aliphatic carbocycles. The molecule has 2 aromatic rings. The van der Waals surface area contributed by atoms with E-state index in [0.717, 1.165) is 10.4 Å². The van der Waals surface area contributed by atoms with Gasteiger partial charge in [0.2, 0.25) is 0 Å². The molecule has 9 nitrogen and oxygen atoms in total. The molecule has 168 valence electrons. The number of rotatable bonds is 4. The molecule has 1 amide bonds. The Morgan fingerprint density at radius 1 is 1.31 bits per heavy atom. The van der Waals surface area contributed by atoms with Crippen molar-refractivity contribution in [2.24, 2.45) is 4.99 Å². The lowest BCUT2D eigenvalue weighted by molar-refractivity contribution is -0.384. The third-order valence-electron chi connectivity index (χ3n) is 5.45. The number of nitrogens with one attached hydrogen (secondary N) is 2. The summed E-state index contributed by atoms with van der Waals surface area (Å²) in [5.74, 6) is -0.963. The normalized spacial score (nSPS) is 19.3. The van der Waals surface area contributed by atoms with Gasteiger partial charge >= 0.3 is 5.97 Å². The highest BCUT2D eigenvalue weighted by molar-refractivity contribution is 7.16. The Bertz CT molecular complexity index is 1200. The fraction of sp³-hybridized carbons (Fsp3) is 0.409. The lowest BCUT2D eigenvalue weighted by atomic mass is 9.81. The molecule has 1 aromatic heterocycles. The van der Waals surface area contributed by atoms with Crippen molar-refractivity contribution in [2.45, 2.75) is 52.1 Å². The molecule has 3 heterocycles. The molecule has 2 N–H and O–H groups in total. The molecule has 0 radical (unpaired) electrons. The van der Waals surface area contributed by atoms with Crippen molar-refractivity contribution in [2.75, 3.05) is 11.9 Å². The summed E-state index contributed by atoms with van der Waals surface area (Å²) in [5, 5.41) is 17.9. The largest absolute Gasteiger partial charge is 0.462 e. The minimum atomic E-state index is -0.523. The smallest absolute Gasteiger partial charge is 0.341 e. The number of aliphatic imine (C=N–C) groups is 1. The number of ether oxygens (including phenoxy) is 1. The number of thiophene rings is 1. The van der Waals surface area contributed by atoms with Gasteiger partial charge in [-0.1, -0.05) is 0 Å². The Labute approximate surface area is 189 Å². The standard InChI is InChI=1S/C22H24N4O5S/c1-6-31-20(28)15-13-10-21(2,3)25-22(4,5)17(13)32-19(15)24-16-12-9-11(26(29)30)7-8-14(12)23-18(16)27/h7-9,25H,6,10H2,1-5H3,(H,23,24,27). The quantitative estimate of drug-likeness (QED) is 0.406. The van der Waals surface area contributed by atoms with Gasteiger partial charge in [-0.3, -0.25) is 14.9 Å². The van der Waals surface area contributed by atoms with E-state index in [2.05, 4.69) is 29.5 Å². The molecular formula is C22H24N4O5S. The zero-order valence-electron chi connectivity index (χ0n) is 18.5. The highest BCUT2D eigenvalue weighted by Crippen LogP contribution is 2.47. The molecule has 0 fully saturated rings. The lowest BCUT2D eigenvalue weighted by Crippen LogP contribution is -2.55. The predicted molar refractivity (Wildman–Crippen MR) is 122 cm³/mol. The van der Waals surface area contributed by atoms with Crippen LogP contribution >= 0.6 is 11.3 Å². The molecule has 0 saturated carbocycles. The number of hydrogen-bond acceptors (Lipinski definition) is 8. The number of nitro benzene ring substituents is 1. The number of fused-ring (bicyclic) bond motifs is 2. The number of carbonyl (C=O) groups excluding carboxylic acids is 2. The number of benzene rings is 1. The minimum absolute atomic E-state index is 0.0397. The van der Waals surface area contributed by atoms with Crippen LogP contribution in [0.3, 0.4) is 0 Å². The number of esters is 1. The first kappa shape index (κ1) is 22.1. The molecule has 2 aliphatic heterocycles. The van der Waals surface area contributed by atoms with Crippen LogP contribution in [0.2, 0.25) is 0 Å². The average molecular weight is 457 g/mol. The van der Waals surface area contributed by atoms with Crippen molar-refractivity contribution in [3.8, 4) is 0 Å². The summed E-state index contributed by atoms with van der Waals surface area (Å²) in [6.45, 7) is 10.1. The third-order valence-corrected chi connectivity index (χ3v) is 6.90. The molecule has 0 spiro atoms. The number of nitro groups is 1. The lowest BCUT2D eigenvalue weighted by Gasteiger charge is -2.42. The van der Waals surface area contributed by atoms with Gasteiger partial charge in [-0.2, -0.15) is 0 Å². The molecule has 0 unspecified atom stereocenters. The first-order chi connectivity index (χ1) is 14.9. The van der Waals surface area contributed by atoms with Crippen LogP contribution in [-0.4, -0.2) is 34.7 Å². The number of nitrogens with zero attached hydrogens (tertiary/aromatic N) is 2. The number of hydrogen-bond donors (Lipinski definition) is 2. The maximum atomic E-state index is 13.0. The van der Waals surface area contributed by atoms with Gasteiger partial charge in [0.1, 0.15) is 10.7 Å². The van der Waals surface area contributed by atoms with Gasteiger partial charge in [0, 0.05) is 33.7 Å². The second kappa shape index (κ2) is 7.49. The van der Waals surface area contributed by atoms with Gasteiger partial charge < -0.3 is 15.4 Å². The molecule has 4 rings (SSSR count). The summed E-state index contributed by atoms with van der Waals surface area (Å²) in [5.41, 5.74) is 1.21. The van der Waals surface area contributed by atoms with Crippen molar-refractivity contribution < 1.29 is 19.2 Å². The van der Waals surface area contributed by atoms with E-state index in [0.29, 0.717) is 28.2 Å². The van der Waals surface area contributed by atoms with Crippen molar-refractivity contribution in [1.82, 2.24) is 5.32 Å². The first-order valence-electron chi connectivity index (χ1n) is 10.2. The van der Waals surface area contributed by atoms with Gasteiger partial charge in [-0.05, 0) is 52.7 Å². The monoisotopic (exact) mass is 456 g/mol. The SMILES string of the molecule is CCOC(=O)c1c(N=C2C(=O)Nc3ccc([N+](=O)[O-])cc32)sc2c1CC(C)(C)NC2(C)C. The molecule has 0 saturated heterocycles. The van der Waals surface area contributed by atoms with E-state index in [1.807, 2.05) is 13.8 Å². The maximum Gasteiger partial charge on any atom is 0.341 e. The average Bonchev–Trinajstić information content (AvgIpc) is 3.18. The molecule has 1 aromatic carbocycles. The fourth-order valence-electron chi connectivity index (χ4n) is 4.47. The van der Waals surface area contributed by atoms with E-state index in [4.69, 9.17) is 4.74 Å². The number of carbonyl (C=O) groups is 2. The molecular weight excluding hydrogens is 432 g/mol. The first-order valence-corrected chi connectivity index (χ1v) is 11.1. The van der Waals surface area contributed by atoms with Gasteiger partial charge in [0.05, 0.1) is 22.8 Å². The number of amides is 1. The molecule has 0 atom stereocenters. The van der Waals surface area contributed by atoms with Crippen LogP contribution < -0.4 is 10.6 Å². The van der Waals surface area contributed by atoms with E-state index in [1.54, 1.807) is 6.92 Å². The maximum absolute atomic E-state index is 13.0. The van der Waals surface area contributed by atoms with Crippen molar-refractivity contribution >= 4 is 45.3 Å².